The van der Waals surface area contributed by atoms with Gasteiger partial charge in [-0.1, -0.05) is 50.0 Å². The molecule has 0 radical (unpaired) electrons. The number of guanidine groups is 1. The number of aliphatic imine (C=N–C) groups is 1. The Hall–Kier alpha value is -0.990. The molecule has 0 spiro atoms. The second kappa shape index (κ2) is 9.64. The van der Waals surface area contributed by atoms with Crippen LogP contribution in [0.1, 0.15) is 38.0 Å². The number of hydrogen-bond donors (Lipinski definition) is 2. The number of oxazole rings is 1. The molecule has 1 aromatic heterocycles. The van der Waals surface area contributed by atoms with Gasteiger partial charge in [-0.2, -0.15) is 0 Å². The summed E-state index contributed by atoms with van der Waals surface area (Å²) in [6, 6.07) is 5.41. The Bertz CT molecular complexity index is 726. The fraction of sp³-hybridized carbons (Fsp3) is 0.412. The molecule has 0 unspecified atom stereocenters. The van der Waals surface area contributed by atoms with Crippen LogP contribution in [0, 0.1) is 0 Å². The highest BCUT2D eigenvalue weighted by Crippen LogP contribution is 2.22. The third-order valence-electron chi connectivity index (χ3n) is 3.38. The molecule has 2 N–H and O–H groups in total. The molecule has 0 aliphatic carbocycles. The van der Waals surface area contributed by atoms with Crippen LogP contribution >= 0.6 is 47.2 Å². The summed E-state index contributed by atoms with van der Waals surface area (Å²) in [5.74, 6) is 2.11. The number of hydrogen-bond acceptors (Lipinski definition) is 3. The van der Waals surface area contributed by atoms with Crippen LogP contribution < -0.4 is 10.6 Å². The topological polar surface area (TPSA) is 62.5 Å². The monoisotopic (exact) mass is 496 g/mol. The molecule has 0 aliphatic heterocycles. The van der Waals surface area contributed by atoms with Crippen LogP contribution in [0.5, 0.6) is 0 Å². The molecule has 1 aromatic carbocycles. The average molecular weight is 497 g/mol. The summed E-state index contributed by atoms with van der Waals surface area (Å²) in [6.07, 6.45) is 1.76. The Morgan fingerprint density at radius 2 is 1.88 bits per heavy atom. The van der Waals surface area contributed by atoms with Crippen molar-refractivity contribution in [3.63, 3.8) is 0 Å². The summed E-state index contributed by atoms with van der Waals surface area (Å²) < 4.78 is 5.75. The van der Waals surface area contributed by atoms with E-state index in [2.05, 4.69) is 41.4 Å². The molecule has 2 aromatic rings. The minimum Gasteiger partial charge on any atom is -0.443 e. The Labute approximate surface area is 175 Å². The zero-order valence-electron chi connectivity index (χ0n) is 14.7. The first kappa shape index (κ1) is 22.1. The van der Waals surface area contributed by atoms with E-state index < -0.39 is 0 Å². The summed E-state index contributed by atoms with van der Waals surface area (Å²) in [7, 11) is 1.70. The van der Waals surface area contributed by atoms with Gasteiger partial charge in [-0.25, -0.2) is 4.98 Å². The van der Waals surface area contributed by atoms with Crippen molar-refractivity contribution >= 4 is 53.1 Å². The van der Waals surface area contributed by atoms with Crippen molar-refractivity contribution in [1.82, 2.24) is 15.6 Å². The van der Waals surface area contributed by atoms with Gasteiger partial charge >= 0.3 is 0 Å². The number of nitrogens with zero attached hydrogens (tertiary/aromatic N) is 2. The number of aromatic nitrogens is 1. The third kappa shape index (κ3) is 6.67. The zero-order valence-corrected chi connectivity index (χ0v) is 18.5. The van der Waals surface area contributed by atoms with Crippen LogP contribution in [-0.4, -0.2) is 18.0 Å². The van der Waals surface area contributed by atoms with E-state index in [-0.39, 0.29) is 29.4 Å². The van der Waals surface area contributed by atoms with Crippen molar-refractivity contribution in [3.05, 3.63) is 51.7 Å². The molecule has 0 saturated heterocycles. The number of benzene rings is 1. The number of nitrogens with one attached hydrogen (secondary N) is 2. The molecule has 0 amide bonds. The van der Waals surface area contributed by atoms with Crippen LogP contribution in [0.2, 0.25) is 10.0 Å². The van der Waals surface area contributed by atoms with Gasteiger partial charge in [0, 0.05) is 29.1 Å². The maximum Gasteiger partial charge on any atom is 0.213 e. The highest BCUT2D eigenvalue weighted by molar-refractivity contribution is 14.0. The lowest BCUT2D eigenvalue weighted by atomic mass is 9.94. The van der Waals surface area contributed by atoms with Crippen LogP contribution in [0.3, 0.4) is 0 Å². The van der Waals surface area contributed by atoms with E-state index in [0.717, 1.165) is 11.3 Å². The van der Waals surface area contributed by atoms with Crippen LogP contribution in [0.4, 0.5) is 0 Å². The molecule has 8 heteroatoms. The highest BCUT2D eigenvalue weighted by atomic mass is 127. The maximum absolute atomic E-state index is 6.16. The quantitative estimate of drug-likeness (QED) is 0.364. The summed E-state index contributed by atoms with van der Waals surface area (Å²) >= 11 is 12.1. The smallest absolute Gasteiger partial charge is 0.213 e. The van der Waals surface area contributed by atoms with E-state index in [0.29, 0.717) is 35.0 Å². The van der Waals surface area contributed by atoms with Crippen LogP contribution in [-0.2, 0) is 18.5 Å². The lowest BCUT2D eigenvalue weighted by molar-refractivity contribution is 0.379. The van der Waals surface area contributed by atoms with E-state index in [1.165, 1.54) is 0 Å². The molecule has 5 nitrogen and oxygen atoms in total. The van der Waals surface area contributed by atoms with Gasteiger partial charge in [-0.15, -0.1) is 24.0 Å². The Balaban J connectivity index is 0.00000312. The summed E-state index contributed by atoms with van der Waals surface area (Å²) in [5, 5.41) is 7.59. The molecule has 0 bridgehead atoms. The van der Waals surface area contributed by atoms with E-state index >= 15 is 0 Å². The molecular weight excluding hydrogens is 474 g/mol. The Kier molecular flexibility index (Phi) is 8.50. The summed E-state index contributed by atoms with van der Waals surface area (Å²) in [5.41, 5.74) is 0.881. The van der Waals surface area contributed by atoms with Crippen molar-refractivity contribution < 1.29 is 4.42 Å². The lowest BCUT2D eigenvalue weighted by Crippen LogP contribution is -2.36. The number of halogens is 3. The van der Waals surface area contributed by atoms with E-state index in [1.807, 2.05) is 6.07 Å². The molecule has 0 fully saturated rings. The number of rotatable bonds is 4. The van der Waals surface area contributed by atoms with E-state index in [4.69, 9.17) is 27.6 Å². The average Bonchev–Trinajstić information content (AvgIpc) is 2.98. The zero-order chi connectivity index (χ0) is 17.7. The SMILES string of the molecule is CN=C(NCc1ncc(C(C)(C)C)o1)NCc1ccc(Cl)cc1Cl.I. The van der Waals surface area contributed by atoms with Crippen molar-refractivity contribution in [3.8, 4) is 0 Å². The van der Waals surface area contributed by atoms with Gasteiger partial charge in [0.1, 0.15) is 5.76 Å². The minimum absolute atomic E-state index is 0. The van der Waals surface area contributed by atoms with E-state index in [9.17, 15) is 0 Å². The van der Waals surface area contributed by atoms with Gasteiger partial charge in [0.05, 0.1) is 12.7 Å². The molecule has 1 heterocycles. The fourth-order valence-corrected chi connectivity index (χ4v) is 2.44. The first-order valence-electron chi connectivity index (χ1n) is 7.63. The maximum atomic E-state index is 6.16. The standard InChI is InChI=1S/C17H22Cl2N4O.HI/c1-17(2,3)14-9-21-15(24-14)10-23-16(20-4)22-8-11-5-6-12(18)7-13(11)19;/h5-7,9H,8,10H2,1-4H3,(H2,20,22,23);1H. The van der Waals surface area contributed by atoms with Gasteiger partial charge in [-0.05, 0) is 17.7 Å². The first-order chi connectivity index (χ1) is 11.3. The fourth-order valence-electron chi connectivity index (χ4n) is 1.96. The largest absolute Gasteiger partial charge is 0.443 e. The van der Waals surface area contributed by atoms with Gasteiger partial charge < -0.3 is 15.1 Å². The van der Waals surface area contributed by atoms with Crippen LogP contribution in [0.15, 0.2) is 33.8 Å². The van der Waals surface area contributed by atoms with Crippen molar-refractivity contribution in [1.29, 1.82) is 0 Å². The van der Waals surface area contributed by atoms with Crippen LogP contribution in [0.25, 0.3) is 0 Å². The first-order valence-corrected chi connectivity index (χ1v) is 8.39. The Morgan fingerprint density at radius 3 is 2.44 bits per heavy atom. The lowest BCUT2D eigenvalue weighted by Gasteiger charge is -2.13. The molecule has 25 heavy (non-hydrogen) atoms. The molecule has 138 valence electrons. The predicted octanol–water partition coefficient (Wildman–Crippen LogP) is 4.76. The van der Waals surface area contributed by atoms with Crippen molar-refractivity contribution in [2.24, 2.45) is 4.99 Å². The Morgan fingerprint density at radius 1 is 1.20 bits per heavy atom. The van der Waals surface area contributed by atoms with Gasteiger partial charge in [0.15, 0.2) is 5.96 Å². The van der Waals surface area contributed by atoms with Crippen molar-refractivity contribution in [2.75, 3.05) is 7.05 Å². The van der Waals surface area contributed by atoms with Gasteiger partial charge in [0.25, 0.3) is 0 Å². The van der Waals surface area contributed by atoms with Gasteiger partial charge in [0.2, 0.25) is 5.89 Å². The molecule has 0 saturated carbocycles. The second-order valence-electron chi connectivity index (χ2n) is 6.38. The normalized spacial score (nSPS) is 11.8. The van der Waals surface area contributed by atoms with Crippen molar-refractivity contribution in [2.45, 2.75) is 39.3 Å². The summed E-state index contributed by atoms with van der Waals surface area (Å²) in [4.78, 5) is 8.46. The van der Waals surface area contributed by atoms with E-state index in [1.54, 1.807) is 25.4 Å². The van der Waals surface area contributed by atoms with Gasteiger partial charge in [-0.3, -0.25) is 4.99 Å². The minimum atomic E-state index is -0.0590. The highest BCUT2D eigenvalue weighted by Gasteiger charge is 2.19. The molecule has 2 rings (SSSR count). The predicted molar refractivity (Wildman–Crippen MR) is 114 cm³/mol. The molecule has 0 atom stereocenters. The third-order valence-corrected chi connectivity index (χ3v) is 3.97. The summed E-state index contributed by atoms with van der Waals surface area (Å²) in [6.45, 7) is 7.24. The second-order valence-corrected chi connectivity index (χ2v) is 7.23. The molecular formula is C17H23Cl2IN4O. The molecule has 0 aliphatic rings.